The van der Waals surface area contributed by atoms with Gasteiger partial charge in [0, 0.05) is 11.8 Å². The van der Waals surface area contributed by atoms with Crippen LogP contribution < -0.4 is 5.56 Å². The summed E-state index contributed by atoms with van der Waals surface area (Å²) in [5, 5.41) is 8.42. The molecule has 0 bridgehead atoms. The number of H-pyrrole nitrogens is 1. The molecule has 3 heterocycles. The van der Waals surface area contributed by atoms with Crippen molar-refractivity contribution in [3.63, 3.8) is 0 Å². The van der Waals surface area contributed by atoms with Crippen molar-refractivity contribution in [3.8, 4) is 11.3 Å². The van der Waals surface area contributed by atoms with Crippen molar-refractivity contribution >= 4 is 5.52 Å². The average molecular weight is 257 g/mol. The Morgan fingerprint density at radius 2 is 2.00 bits per heavy atom. The zero-order valence-electron chi connectivity index (χ0n) is 11.1. The number of rotatable bonds is 1. The van der Waals surface area contributed by atoms with Gasteiger partial charge in [-0.25, -0.2) is 4.52 Å². The second-order valence-electron chi connectivity index (χ2n) is 5.50. The molecule has 0 aliphatic rings. The molecule has 0 fully saturated rings. The van der Waals surface area contributed by atoms with E-state index in [9.17, 15) is 4.79 Å². The average Bonchev–Trinajstić information content (AvgIpc) is 2.96. The molecular weight excluding hydrogens is 242 g/mol. The first-order valence-electron chi connectivity index (χ1n) is 6.07. The van der Waals surface area contributed by atoms with Gasteiger partial charge >= 0.3 is 0 Å². The van der Waals surface area contributed by atoms with E-state index >= 15 is 0 Å². The summed E-state index contributed by atoms with van der Waals surface area (Å²) < 4.78 is 3.44. The van der Waals surface area contributed by atoms with E-state index in [1.54, 1.807) is 29.2 Å². The van der Waals surface area contributed by atoms with Crippen molar-refractivity contribution < 1.29 is 0 Å². The third-order valence-electron chi connectivity index (χ3n) is 2.98. The Bertz CT molecular complexity index is 787. The van der Waals surface area contributed by atoms with Crippen LogP contribution in [0.3, 0.4) is 0 Å². The zero-order chi connectivity index (χ0) is 13.6. The van der Waals surface area contributed by atoms with Gasteiger partial charge in [-0.2, -0.15) is 10.2 Å². The molecule has 0 saturated heterocycles. The van der Waals surface area contributed by atoms with Gasteiger partial charge < -0.3 is 4.98 Å². The molecule has 0 aliphatic heterocycles. The summed E-state index contributed by atoms with van der Waals surface area (Å²) in [5.41, 5.74) is 1.86. The molecule has 0 saturated carbocycles. The molecule has 0 atom stereocenters. The lowest BCUT2D eigenvalue weighted by atomic mass is 10.1. The predicted octanol–water partition coefficient (Wildman–Crippen LogP) is 1.64. The van der Waals surface area contributed by atoms with E-state index in [0.29, 0.717) is 11.2 Å². The Morgan fingerprint density at radius 3 is 2.68 bits per heavy atom. The highest BCUT2D eigenvalue weighted by Crippen LogP contribution is 2.19. The molecule has 1 N–H and O–H groups in total. The highest BCUT2D eigenvalue weighted by Gasteiger charge is 2.15. The van der Waals surface area contributed by atoms with Crippen molar-refractivity contribution in [2.24, 2.45) is 0 Å². The topological polar surface area (TPSA) is 68.0 Å². The molecule has 98 valence electrons. The van der Waals surface area contributed by atoms with E-state index in [1.807, 2.05) is 10.9 Å². The van der Waals surface area contributed by atoms with Crippen LogP contribution in [-0.4, -0.2) is 24.4 Å². The molecule has 19 heavy (non-hydrogen) atoms. The fourth-order valence-electron chi connectivity index (χ4n) is 1.91. The number of aromatic amines is 1. The molecule has 3 aromatic rings. The summed E-state index contributed by atoms with van der Waals surface area (Å²) in [4.78, 5) is 14.7. The molecule has 0 aliphatic carbocycles. The van der Waals surface area contributed by atoms with Crippen LogP contribution >= 0.6 is 0 Å². The van der Waals surface area contributed by atoms with Gasteiger partial charge in [0.15, 0.2) is 0 Å². The number of fused-ring (bicyclic) bond motifs is 1. The van der Waals surface area contributed by atoms with Crippen LogP contribution in [0.15, 0.2) is 35.6 Å². The Kier molecular flexibility index (Phi) is 2.35. The molecule has 0 aromatic carbocycles. The van der Waals surface area contributed by atoms with Crippen LogP contribution in [0.1, 0.15) is 20.8 Å². The minimum atomic E-state index is -0.154. The summed E-state index contributed by atoms with van der Waals surface area (Å²) in [7, 11) is 0. The molecular formula is C13H15N5O. The lowest BCUT2D eigenvalue weighted by Gasteiger charge is -2.18. The van der Waals surface area contributed by atoms with Crippen molar-refractivity contribution in [2.45, 2.75) is 26.3 Å². The van der Waals surface area contributed by atoms with Crippen molar-refractivity contribution in [2.75, 3.05) is 0 Å². The normalized spacial score (nSPS) is 12.2. The first kappa shape index (κ1) is 11.7. The number of nitrogens with zero attached hydrogens (tertiary/aromatic N) is 4. The van der Waals surface area contributed by atoms with Crippen LogP contribution in [0.25, 0.3) is 16.8 Å². The predicted molar refractivity (Wildman–Crippen MR) is 72.0 cm³/mol. The van der Waals surface area contributed by atoms with Gasteiger partial charge in [0.05, 0.1) is 29.8 Å². The van der Waals surface area contributed by atoms with Crippen LogP contribution in [0, 0.1) is 0 Å². The van der Waals surface area contributed by atoms with Crippen molar-refractivity contribution in [1.82, 2.24) is 24.4 Å². The van der Waals surface area contributed by atoms with E-state index in [0.717, 1.165) is 5.56 Å². The summed E-state index contributed by atoms with van der Waals surface area (Å²) in [5.74, 6) is 0. The van der Waals surface area contributed by atoms with E-state index in [-0.39, 0.29) is 11.1 Å². The number of hydrogen-bond donors (Lipinski definition) is 1. The highest BCUT2D eigenvalue weighted by atomic mass is 16.1. The van der Waals surface area contributed by atoms with E-state index < -0.39 is 0 Å². The van der Waals surface area contributed by atoms with Gasteiger partial charge in [0.1, 0.15) is 5.52 Å². The summed E-state index contributed by atoms with van der Waals surface area (Å²) >= 11 is 0. The molecule has 6 heteroatoms. The second kappa shape index (κ2) is 3.81. The standard InChI is InChI=1S/C13H15N5O/c1-13(2,3)18-7-9(6-15-18)10-8-17-11(4-5-14-17)12(19)16-10/h4-8H,1-3H3,(H,16,19). The fraction of sp³-hybridized carbons (Fsp3) is 0.308. The smallest absolute Gasteiger partial charge is 0.274 e. The lowest BCUT2D eigenvalue weighted by Crippen LogP contribution is -2.21. The van der Waals surface area contributed by atoms with E-state index in [4.69, 9.17) is 0 Å². The number of hydrogen-bond acceptors (Lipinski definition) is 3. The van der Waals surface area contributed by atoms with Crippen LogP contribution in [0.5, 0.6) is 0 Å². The Labute approximate surface area is 109 Å². The van der Waals surface area contributed by atoms with E-state index in [2.05, 4.69) is 36.0 Å². The third-order valence-corrected chi connectivity index (χ3v) is 2.98. The zero-order valence-corrected chi connectivity index (χ0v) is 11.1. The monoisotopic (exact) mass is 257 g/mol. The first-order chi connectivity index (χ1) is 8.95. The highest BCUT2D eigenvalue weighted by molar-refractivity contribution is 5.58. The quantitative estimate of drug-likeness (QED) is 0.720. The molecule has 3 rings (SSSR count). The maximum Gasteiger partial charge on any atom is 0.274 e. The minimum Gasteiger partial charge on any atom is -0.319 e. The molecule has 0 spiro atoms. The molecule has 0 unspecified atom stereocenters. The summed E-state index contributed by atoms with van der Waals surface area (Å²) in [6, 6.07) is 1.68. The minimum absolute atomic E-state index is 0.0889. The Balaban J connectivity index is 2.14. The van der Waals surface area contributed by atoms with Gasteiger partial charge in [0.2, 0.25) is 0 Å². The Hall–Kier alpha value is -2.37. The maximum atomic E-state index is 11.9. The maximum absolute atomic E-state index is 11.9. The molecule has 0 radical (unpaired) electrons. The molecule has 3 aromatic heterocycles. The lowest BCUT2D eigenvalue weighted by molar-refractivity contribution is 0.355. The second-order valence-corrected chi connectivity index (χ2v) is 5.50. The number of aromatic nitrogens is 5. The summed E-state index contributed by atoms with van der Waals surface area (Å²) in [6.45, 7) is 6.22. The first-order valence-corrected chi connectivity index (χ1v) is 6.07. The van der Waals surface area contributed by atoms with Crippen LogP contribution in [0.4, 0.5) is 0 Å². The van der Waals surface area contributed by atoms with Gasteiger partial charge in [-0.1, -0.05) is 0 Å². The molecule has 6 nitrogen and oxygen atoms in total. The molecule has 0 amide bonds. The largest absolute Gasteiger partial charge is 0.319 e. The van der Waals surface area contributed by atoms with Crippen molar-refractivity contribution in [1.29, 1.82) is 0 Å². The van der Waals surface area contributed by atoms with Crippen molar-refractivity contribution in [3.05, 3.63) is 41.2 Å². The third kappa shape index (κ3) is 1.95. The number of nitrogens with one attached hydrogen (secondary N) is 1. The van der Waals surface area contributed by atoms with Gasteiger partial charge in [-0.05, 0) is 26.8 Å². The Morgan fingerprint density at radius 1 is 1.21 bits per heavy atom. The van der Waals surface area contributed by atoms with Gasteiger partial charge in [-0.15, -0.1) is 0 Å². The van der Waals surface area contributed by atoms with Gasteiger partial charge in [-0.3, -0.25) is 9.48 Å². The van der Waals surface area contributed by atoms with Crippen LogP contribution in [0.2, 0.25) is 0 Å². The SMILES string of the molecule is CC(C)(C)n1cc(-c2cn3nccc3c(=O)[nH]2)cn1. The van der Waals surface area contributed by atoms with Crippen LogP contribution in [-0.2, 0) is 5.54 Å². The van der Waals surface area contributed by atoms with Gasteiger partial charge in [0.25, 0.3) is 5.56 Å². The fourth-order valence-corrected chi connectivity index (χ4v) is 1.91. The van der Waals surface area contributed by atoms with E-state index in [1.165, 1.54) is 0 Å². The summed E-state index contributed by atoms with van der Waals surface area (Å²) in [6.07, 6.45) is 7.06.